The molecule has 3 heterocycles. The number of anilines is 1. The van der Waals surface area contributed by atoms with Crippen LogP contribution in [0.2, 0.25) is 0 Å². The van der Waals surface area contributed by atoms with Crippen molar-refractivity contribution in [2.24, 2.45) is 0 Å². The zero-order valence-electron chi connectivity index (χ0n) is 20.3. The van der Waals surface area contributed by atoms with E-state index in [4.69, 9.17) is 10.5 Å². The normalized spacial score (nSPS) is 14.0. The first-order valence-electron chi connectivity index (χ1n) is 11.5. The Labute approximate surface area is 204 Å². The third-order valence-corrected chi connectivity index (χ3v) is 5.62. The Balaban J connectivity index is 1.50. The van der Waals surface area contributed by atoms with Crippen LogP contribution in [0, 0.1) is 0 Å². The molecule has 35 heavy (non-hydrogen) atoms. The van der Waals surface area contributed by atoms with E-state index >= 15 is 0 Å². The predicted molar refractivity (Wildman–Crippen MR) is 135 cm³/mol. The monoisotopic (exact) mass is 474 g/mol. The summed E-state index contributed by atoms with van der Waals surface area (Å²) in [5, 5.41) is 0. The van der Waals surface area contributed by atoms with Crippen molar-refractivity contribution < 1.29 is 14.3 Å². The number of nitrogen functional groups attached to an aromatic ring is 1. The molecular formula is C26H30N6O3. The minimum Gasteiger partial charge on any atom is -0.444 e. The molecule has 9 heteroatoms. The first-order valence-corrected chi connectivity index (χ1v) is 11.5. The molecule has 0 saturated carbocycles. The number of benzene rings is 1. The van der Waals surface area contributed by atoms with Crippen molar-refractivity contribution in [3.8, 4) is 17.2 Å². The van der Waals surface area contributed by atoms with Gasteiger partial charge in [0.25, 0.3) is 5.91 Å². The van der Waals surface area contributed by atoms with Crippen molar-refractivity contribution in [2.75, 3.05) is 31.9 Å². The number of aromatic nitrogens is 3. The fourth-order valence-electron chi connectivity index (χ4n) is 3.88. The first-order chi connectivity index (χ1) is 16.7. The van der Waals surface area contributed by atoms with Crippen LogP contribution < -0.4 is 5.73 Å². The van der Waals surface area contributed by atoms with Crippen molar-refractivity contribution in [3.63, 3.8) is 0 Å². The van der Waals surface area contributed by atoms with Gasteiger partial charge in [0.15, 0.2) is 5.82 Å². The van der Waals surface area contributed by atoms with Crippen LogP contribution in [-0.2, 0) is 4.74 Å². The highest BCUT2D eigenvalue weighted by Crippen LogP contribution is 2.28. The molecule has 1 saturated heterocycles. The number of rotatable bonds is 4. The lowest BCUT2D eigenvalue weighted by atomic mass is 10.1. The van der Waals surface area contributed by atoms with E-state index in [-0.39, 0.29) is 12.0 Å². The van der Waals surface area contributed by atoms with Gasteiger partial charge in [0.1, 0.15) is 22.8 Å². The Bertz CT molecular complexity index is 1220. The summed E-state index contributed by atoms with van der Waals surface area (Å²) in [5.41, 5.74) is 8.37. The van der Waals surface area contributed by atoms with E-state index in [1.807, 2.05) is 51.1 Å². The molecule has 0 atom stereocenters. The third-order valence-electron chi connectivity index (χ3n) is 5.62. The van der Waals surface area contributed by atoms with E-state index in [2.05, 4.69) is 16.5 Å². The fourth-order valence-corrected chi connectivity index (χ4v) is 3.88. The molecule has 0 unspecified atom stereocenters. The highest BCUT2D eigenvalue weighted by Gasteiger charge is 2.28. The minimum absolute atomic E-state index is 0.0873. The average Bonchev–Trinajstić information content (AvgIpc) is 3.19. The Morgan fingerprint density at radius 1 is 1.03 bits per heavy atom. The topological polar surface area (TPSA) is 107 Å². The standard InChI is InChI=1S/C26H30N6O3/c1-5-20-22(27)32(23(29-20)21-8-6-7-13-28-21)19-11-9-18(10-12-19)24(33)30-14-16-31(17-15-30)25(34)35-26(2,3)4/h5-13H,1,14-17,27H2,2-4H3. The van der Waals surface area contributed by atoms with Crippen molar-refractivity contribution in [2.45, 2.75) is 26.4 Å². The van der Waals surface area contributed by atoms with Gasteiger partial charge in [0.05, 0.1) is 0 Å². The van der Waals surface area contributed by atoms with E-state index < -0.39 is 5.60 Å². The van der Waals surface area contributed by atoms with Crippen LogP contribution in [0.15, 0.2) is 55.2 Å². The number of carbonyl (C=O) groups is 2. The smallest absolute Gasteiger partial charge is 0.410 e. The highest BCUT2D eigenvalue weighted by atomic mass is 16.6. The molecule has 0 aliphatic carbocycles. The van der Waals surface area contributed by atoms with Gasteiger partial charge in [-0.3, -0.25) is 14.3 Å². The molecule has 9 nitrogen and oxygen atoms in total. The second kappa shape index (κ2) is 9.61. The Morgan fingerprint density at radius 2 is 1.69 bits per heavy atom. The summed E-state index contributed by atoms with van der Waals surface area (Å²) in [6.45, 7) is 11.1. The summed E-state index contributed by atoms with van der Waals surface area (Å²) in [6, 6.07) is 12.8. The second-order valence-corrected chi connectivity index (χ2v) is 9.27. The summed E-state index contributed by atoms with van der Waals surface area (Å²) in [7, 11) is 0. The number of hydrogen-bond acceptors (Lipinski definition) is 6. The molecule has 1 aliphatic rings. The number of nitrogens with two attached hydrogens (primary N) is 1. The van der Waals surface area contributed by atoms with Gasteiger partial charge < -0.3 is 20.3 Å². The summed E-state index contributed by atoms with van der Waals surface area (Å²) in [6.07, 6.45) is 2.95. The Morgan fingerprint density at radius 3 is 2.26 bits per heavy atom. The number of amides is 2. The molecule has 1 fully saturated rings. The molecule has 2 amide bonds. The molecule has 182 valence electrons. The van der Waals surface area contributed by atoms with E-state index in [0.717, 1.165) is 5.69 Å². The zero-order chi connectivity index (χ0) is 25.2. The summed E-state index contributed by atoms with van der Waals surface area (Å²) in [4.78, 5) is 37.7. The Kier molecular flexibility index (Phi) is 6.59. The fraction of sp³-hybridized carbons (Fsp3) is 0.308. The lowest BCUT2D eigenvalue weighted by Crippen LogP contribution is -2.51. The number of ether oxygens (including phenoxy) is 1. The van der Waals surface area contributed by atoms with Crippen molar-refractivity contribution in [1.82, 2.24) is 24.3 Å². The maximum absolute atomic E-state index is 13.1. The third kappa shape index (κ3) is 5.18. The summed E-state index contributed by atoms with van der Waals surface area (Å²) >= 11 is 0. The van der Waals surface area contributed by atoms with Crippen LogP contribution in [0.3, 0.4) is 0 Å². The molecule has 3 aromatic rings. The molecule has 0 spiro atoms. The van der Waals surface area contributed by atoms with Crippen LogP contribution in [0.4, 0.5) is 10.6 Å². The highest BCUT2D eigenvalue weighted by molar-refractivity contribution is 5.94. The second-order valence-electron chi connectivity index (χ2n) is 9.27. The molecule has 4 rings (SSSR count). The number of nitrogens with zero attached hydrogens (tertiary/aromatic N) is 5. The summed E-state index contributed by atoms with van der Waals surface area (Å²) < 4.78 is 7.23. The largest absolute Gasteiger partial charge is 0.444 e. The molecule has 0 bridgehead atoms. The quantitative estimate of drug-likeness (QED) is 0.616. The van der Waals surface area contributed by atoms with Gasteiger partial charge in [-0.1, -0.05) is 12.6 Å². The molecule has 2 aromatic heterocycles. The van der Waals surface area contributed by atoms with Gasteiger partial charge in [-0.15, -0.1) is 0 Å². The summed E-state index contributed by atoms with van der Waals surface area (Å²) in [5.74, 6) is 0.948. The number of pyridine rings is 1. The molecule has 1 aliphatic heterocycles. The van der Waals surface area contributed by atoms with Crippen molar-refractivity contribution in [3.05, 3.63) is 66.5 Å². The Hall–Kier alpha value is -4.14. The van der Waals surface area contributed by atoms with Crippen LogP contribution >= 0.6 is 0 Å². The molecule has 2 N–H and O–H groups in total. The molecular weight excluding hydrogens is 444 g/mol. The van der Waals surface area contributed by atoms with Gasteiger partial charge in [-0.25, -0.2) is 9.78 Å². The van der Waals surface area contributed by atoms with Crippen LogP contribution in [0.5, 0.6) is 0 Å². The van der Waals surface area contributed by atoms with Gasteiger partial charge in [-0.2, -0.15) is 0 Å². The van der Waals surface area contributed by atoms with Gasteiger partial charge in [0.2, 0.25) is 0 Å². The van der Waals surface area contributed by atoms with E-state index in [1.54, 1.807) is 38.8 Å². The minimum atomic E-state index is -0.548. The first kappa shape index (κ1) is 24.0. The molecule has 0 radical (unpaired) electrons. The van der Waals surface area contributed by atoms with Crippen LogP contribution in [0.1, 0.15) is 36.8 Å². The van der Waals surface area contributed by atoms with E-state index in [9.17, 15) is 9.59 Å². The lowest BCUT2D eigenvalue weighted by Gasteiger charge is -2.35. The van der Waals surface area contributed by atoms with Gasteiger partial charge >= 0.3 is 6.09 Å². The van der Waals surface area contributed by atoms with Crippen molar-refractivity contribution in [1.29, 1.82) is 0 Å². The molecule has 1 aromatic carbocycles. The maximum Gasteiger partial charge on any atom is 0.410 e. The number of imidazole rings is 1. The number of hydrogen-bond donors (Lipinski definition) is 1. The van der Waals surface area contributed by atoms with Crippen molar-refractivity contribution >= 4 is 23.9 Å². The lowest BCUT2D eigenvalue weighted by molar-refractivity contribution is 0.0141. The van der Waals surface area contributed by atoms with E-state index in [1.165, 1.54) is 0 Å². The number of carbonyl (C=O) groups excluding carboxylic acids is 2. The maximum atomic E-state index is 13.1. The van der Waals surface area contributed by atoms with E-state index in [0.29, 0.717) is 54.8 Å². The SMILES string of the molecule is C=Cc1nc(-c2ccccn2)n(-c2ccc(C(=O)N3CCN(C(=O)OC(C)(C)C)CC3)cc2)c1N. The average molecular weight is 475 g/mol. The van der Waals surface area contributed by atoms with Crippen LogP contribution in [0.25, 0.3) is 23.3 Å². The zero-order valence-corrected chi connectivity index (χ0v) is 20.3. The van der Waals surface area contributed by atoms with Gasteiger partial charge in [-0.05, 0) is 63.2 Å². The number of piperazine rings is 1. The van der Waals surface area contributed by atoms with Gasteiger partial charge in [0, 0.05) is 43.6 Å². The van der Waals surface area contributed by atoms with Crippen LogP contribution in [-0.4, -0.2) is 68.1 Å². The predicted octanol–water partition coefficient (Wildman–Crippen LogP) is 3.85.